The Morgan fingerprint density at radius 3 is 2.18 bits per heavy atom. The molecule has 2 aromatic rings. The summed E-state index contributed by atoms with van der Waals surface area (Å²) in [5.41, 5.74) is 4.99. The smallest absolute Gasteiger partial charge is 0.125 e. The van der Waals surface area contributed by atoms with Crippen LogP contribution in [0.3, 0.4) is 0 Å². The van der Waals surface area contributed by atoms with Crippen LogP contribution in [0.15, 0.2) is 54.6 Å². The van der Waals surface area contributed by atoms with Gasteiger partial charge in [-0.2, -0.15) is 0 Å². The maximum absolute atomic E-state index is 5.75. The van der Waals surface area contributed by atoms with Gasteiger partial charge in [0.05, 0.1) is 13.2 Å². The van der Waals surface area contributed by atoms with Gasteiger partial charge in [-0.15, -0.1) is 0 Å². The Bertz CT molecular complexity index is 514. The highest BCUT2D eigenvalue weighted by atomic mass is 16.5. The second kappa shape index (κ2) is 9.82. The molecule has 118 valence electrons. The number of nitrogens with two attached hydrogens (primary N) is 1. The fraction of sp³-hybridized carbons (Fsp3) is 0.333. The van der Waals surface area contributed by atoms with Gasteiger partial charge in [-0.3, -0.25) is 0 Å². The van der Waals surface area contributed by atoms with Crippen molar-refractivity contribution >= 4 is 0 Å². The van der Waals surface area contributed by atoms with Gasteiger partial charge in [-0.1, -0.05) is 30.3 Å². The van der Waals surface area contributed by atoms with Crippen LogP contribution < -0.4 is 20.5 Å². The summed E-state index contributed by atoms with van der Waals surface area (Å²) in [5.74, 6) is 1.75. The van der Waals surface area contributed by atoms with Crippen molar-refractivity contribution in [2.45, 2.75) is 13.0 Å². The Labute approximate surface area is 132 Å². The molecule has 0 aromatic heterocycles. The SMILES string of the molecule is [NH3+]CC[NH2+]CCCOc1ccc(OCc2ccccc2)cc1. The molecule has 2 aromatic carbocycles. The lowest BCUT2D eigenvalue weighted by molar-refractivity contribution is -0.670. The lowest BCUT2D eigenvalue weighted by Crippen LogP contribution is -2.88. The fourth-order valence-electron chi connectivity index (χ4n) is 2.08. The van der Waals surface area contributed by atoms with Gasteiger partial charge in [-0.05, 0) is 29.8 Å². The predicted octanol–water partition coefficient (Wildman–Crippen LogP) is 0.840. The van der Waals surface area contributed by atoms with E-state index in [0.717, 1.165) is 44.2 Å². The zero-order valence-corrected chi connectivity index (χ0v) is 13.0. The van der Waals surface area contributed by atoms with Crippen molar-refractivity contribution in [3.05, 3.63) is 60.2 Å². The highest BCUT2D eigenvalue weighted by Crippen LogP contribution is 2.18. The van der Waals surface area contributed by atoms with E-state index in [-0.39, 0.29) is 0 Å². The summed E-state index contributed by atoms with van der Waals surface area (Å²) >= 11 is 0. The zero-order valence-electron chi connectivity index (χ0n) is 13.0. The van der Waals surface area contributed by atoms with Crippen molar-refractivity contribution in [3.63, 3.8) is 0 Å². The predicted molar refractivity (Wildman–Crippen MR) is 86.7 cm³/mol. The van der Waals surface area contributed by atoms with Gasteiger partial charge < -0.3 is 20.5 Å². The van der Waals surface area contributed by atoms with E-state index in [1.165, 1.54) is 5.56 Å². The second-order valence-corrected chi connectivity index (χ2v) is 5.17. The third kappa shape index (κ3) is 6.16. The Balaban J connectivity index is 1.67. The first-order valence-corrected chi connectivity index (χ1v) is 7.89. The molecule has 0 atom stereocenters. The van der Waals surface area contributed by atoms with Crippen molar-refractivity contribution in [1.29, 1.82) is 0 Å². The lowest BCUT2D eigenvalue weighted by atomic mass is 10.2. The summed E-state index contributed by atoms with van der Waals surface area (Å²) in [7, 11) is 0. The molecular weight excluding hydrogens is 276 g/mol. The van der Waals surface area contributed by atoms with Gasteiger partial charge in [0.2, 0.25) is 0 Å². The molecule has 0 aliphatic heterocycles. The summed E-state index contributed by atoms with van der Waals surface area (Å²) < 4.78 is 11.5. The van der Waals surface area contributed by atoms with Crippen molar-refractivity contribution in [2.24, 2.45) is 0 Å². The van der Waals surface area contributed by atoms with Gasteiger partial charge in [0.1, 0.15) is 31.2 Å². The van der Waals surface area contributed by atoms with E-state index in [1.54, 1.807) is 0 Å². The van der Waals surface area contributed by atoms with Gasteiger partial charge >= 0.3 is 0 Å². The average molecular weight is 302 g/mol. The van der Waals surface area contributed by atoms with Crippen LogP contribution >= 0.6 is 0 Å². The first kappa shape index (κ1) is 16.3. The number of hydrogen-bond donors (Lipinski definition) is 2. The molecule has 0 saturated carbocycles. The monoisotopic (exact) mass is 302 g/mol. The number of quaternary nitrogens is 2. The Morgan fingerprint density at radius 1 is 0.818 bits per heavy atom. The molecule has 0 aliphatic rings. The van der Waals surface area contributed by atoms with Gasteiger partial charge in [0.15, 0.2) is 0 Å². The van der Waals surface area contributed by atoms with Gasteiger partial charge in [-0.25, -0.2) is 0 Å². The molecule has 0 saturated heterocycles. The van der Waals surface area contributed by atoms with Crippen molar-refractivity contribution in [2.75, 3.05) is 26.2 Å². The minimum atomic E-state index is 0.586. The number of benzene rings is 2. The molecule has 0 aliphatic carbocycles. The van der Waals surface area contributed by atoms with Crippen molar-refractivity contribution in [1.82, 2.24) is 0 Å². The first-order chi connectivity index (χ1) is 10.9. The molecule has 4 nitrogen and oxygen atoms in total. The first-order valence-electron chi connectivity index (χ1n) is 7.89. The fourth-order valence-corrected chi connectivity index (χ4v) is 2.08. The van der Waals surface area contributed by atoms with Crippen LogP contribution in [0.1, 0.15) is 12.0 Å². The molecule has 0 fully saturated rings. The van der Waals surface area contributed by atoms with E-state index < -0.39 is 0 Å². The molecular formula is C18H26N2O2+2. The van der Waals surface area contributed by atoms with Crippen LogP contribution in [0.4, 0.5) is 0 Å². The van der Waals surface area contributed by atoms with E-state index in [4.69, 9.17) is 9.47 Å². The van der Waals surface area contributed by atoms with Crippen LogP contribution in [0.25, 0.3) is 0 Å². The second-order valence-electron chi connectivity index (χ2n) is 5.17. The molecule has 22 heavy (non-hydrogen) atoms. The normalized spacial score (nSPS) is 10.4. The van der Waals surface area contributed by atoms with Crippen LogP contribution in [-0.2, 0) is 6.61 Å². The summed E-state index contributed by atoms with van der Waals surface area (Å²) in [6.07, 6.45) is 1.05. The van der Waals surface area contributed by atoms with Crippen LogP contribution in [-0.4, -0.2) is 26.2 Å². The van der Waals surface area contributed by atoms with E-state index >= 15 is 0 Å². The minimum absolute atomic E-state index is 0.586. The maximum atomic E-state index is 5.75. The van der Waals surface area contributed by atoms with Gasteiger partial charge in [0.25, 0.3) is 0 Å². The molecule has 4 heteroatoms. The number of rotatable bonds is 10. The molecule has 0 spiro atoms. The molecule has 2 rings (SSSR count). The highest BCUT2D eigenvalue weighted by molar-refractivity contribution is 5.31. The third-order valence-corrected chi connectivity index (χ3v) is 3.30. The van der Waals surface area contributed by atoms with E-state index in [2.05, 4.69) is 23.2 Å². The molecule has 0 heterocycles. The molecule has 0 bridgehead atoms. The average Bonchev–Trinajstić information content (AvgIpc) is 2.58. The molecule has 0 amide bonds. The standard InChI is InChI=1S/C18H24N2O2/c19-11-13-20-12-4-14-21-17-7-9-18(10-8-17)22-15-16-5-2-1-3-6-16/h1-3,5-10,20H,4,11-15,19H2/p+2. The van der Waals surface area contributed by atoms with Gasteiger partial charge in [0, 0.05) is 6.42 Å². The number of hydrogen-bond acceptors (Lipinski definition) is 2. The summed E-state index contributed by atoms with van der Waals surface area (Å²) in [6.45, 7) is 4.49. The summed E-state index contributed by atoms with van der Waals surface area (Å²) in [5, 5.41) is 2.27. The minimum Gasteiger partial charge on any atom is -0.493 e. The van der Waals surface area contributed by atoms with Crippen LogP contribution in [0.5, 0.6) is 11.5 Å². The van der Waals surface area contributed by atoms with E-state index in [1.807, 2.05) is 42.5 Å². The Hall–Kier alpha value is -2.04. The molecule has 5 N–H and O–H groups in total. The van der Waals surface area contributed by atoms with Crippen LogP contribution in [0, 0.1) is 0 Å². The van der Waals surface area contributed by atoms with Crippen molar-refractivity contribution < 1.29 is 20.5 Å². The largest absolute Gasteiger partial charge is 0.493 e. The summed E-state index contributed by atoms with van der Waals surface area (Å²) in [4.78, 5) is 0. The third-order valence-electron chi connectivity index (χ3n) is 3.30. The summed E-state index contributed by atoms with van der Waals surface area (Å²) in [6, 6.07) is 18.0. The lowest BCUT2D eigenvalue weighted by Gasteiger charge is -2.08. The molecule has 0 radical (unpaired) electrons. The quantitative estimate of drug-likeness (QED) is 0.639. The zero-order chi connectivity index (χ0) is 15.5. The topological polar surface area (TPSA) is 62.7 Å². The van der Waals surface area contributed by atoms with E-state index in [9.17, 15) is 0 Å². The van der Waals surface area contributed by atoms with Crippen LogP contribution in [0.2, 0.25) is 0 Å². The Morgan fingerprint density at radius 2 is 1.50 bits per heavy atom. The van der Waals surface area contributed by atoms with Crippen molar-refractivity contribution in [3.8, 4) is 11.5 Å². The maximum Gasteiger partial charge on any atom is 0.125 e. The number of ether oxygens (including phenoxy) is 2. The highest BCUT2D eigenvalue weighted by Gasteiger charge is 1.98. The molecule has 0 unspecified atom stereocenters. The Kier molecular flexibility index (Phi) is 7.29. The van der Waals surface area contributed by atoms with E-state index in [0.29, 0.717) is 6.61 Å².